The molecular formula is C17H16ClFN2O4S. The number of nitrogens with one attached hydrogen (secondary N) is 1. The van der Waals surface area contributed by atoms with E-state index in [-0.39, 0.29) is 16.6 Å². The number of rotatable bonds is 6. The number of carbonyl (C=O) groups excluding carboxylic acids is 1. The zero-order valence-corrected chi connectivity index (χ0v) is 15.1. The molecule has 2 aromatic rings. The lowest BCUT2D eigenvalue weighted by Gasteiger charge is -2.18. The van der Waals surface area contributed by atoms with E-state index in [9.17, 15) is 14.0 Å². The zero-order chi connectivity index (χ0) is 18.7. The largest absolute Gasteiger partial charge is 0.476 e. The highest BCUT2D eigenvalue weighted by atomic mass is 35.5. The van der Waals surface area contributed by atoms with E-state index in [2.05, 4.69) is 10.3 Å². The number of amides is 1. The molecular weight excluding hydrogens is 383 g/mol. The molecule has 1 aliphatic heterocycles. The number of benzene rings is 1. The fourth-order valence-corrected chi connectivity index (χ4v) is 3.71. The molecule has 0 unspecified atom stereocenters. The fraction of sp³-hybridized carbons (Fsp3) is 0.353. The first-order valence-corrected chi connectivity index (χ1v) is 9.23. The van der Waals surface area contributed by atoms with Crippen LogP contribution in [-0.2, 0) is 16.0 Å². The number of nitrogens with zero attached hydrogens (tertiary/aromatic N) is 1. The van der Waals surface area contributed by atoms with Crippen molar-refractivity contribution in [2.24, 2.45) is 5.92 Å². The van der Waals surface area contributed by atoms with Crippen LogP contribution in [0.5, 0.6) is 0 Å². The van der Waals surface area contributed by atoms with E-state index in [1.807, 2.05) is 0 Å². The Kier molecular flexibility index (Phi) is 5.85. The topological polar surface area (TPSA) is 88.5 Å². The van der Waals surface area contributed by atoms with Crippen molar-refractivity contribution < 1.29 is 23.8 Å². The molecule has 0 spiro atoms. The Labute approximate surface area is 158 Å². The third-order valence-electron chi connectivity index (χ3n) is 4.11. The van der Waals surface area contributed by atoms with Crippen LogP contribution in [0.15, 0.2) is 23.6 Å². The highest BCUT2D eigenvalue weighted by molar-refractivity contribution is 7.09. The van der Waals surface area contributed by atoms with Crippen molar-refractivity contribution >= 4 is 34.8 Å². The van der Waals surface area contributed by atoms with Gasteiger partial charge in [-0.1, -0.05) is 17.7 Å². The van der Waals surface area contributed by atoms with Crippen LogP contribution in [0.25, 0.3) is 0 Å². The van der Waals surface area contributed by atoms with E-state index in [1.54, 1.807) is 6.07 Å². The third kappa shape index (κ3) is 4.20. The van der Waals surface area contributed by atoms with Crippen LogP contribution in [0.1, 0.15) is 33.6 Å². The van der Waals surface area contributed by atoms with Gasteiger partial charge in [0.05, 0.1) is 22.1 Å². The molecule has 1 aromatic carbocycles. The van der Waals surface area contributed by atoms with Crippen LogP contribution in [0.2, 0.25) is 5.02 Å². The lowest BCUT2D eigenvalue weighted by Crippen LogP contribution is -2.33. The molecule has 6 nitrogen and oxygen atoms in total. The van der Waals surface area contributed by atoms with Crippen molar-refractivity contribution in [1.29, 1.82) is 0 Å². The second kappa shape index (κ2) is 8.11. The Hall–Kier alpha value is -2.03. The SMILES string of the molecule is O=C(O)c1csc(CCNC(=O)[C@@H]2CCO[C@H]2c2ccc(Cl)c(F)c2)n1. The van der Waals surface area contributed by atoms with Gasteiger partial charge in [-0.3, -0.25) is 4.79 Å². The Morgan fingerprint density at radius 3 is 2.96 bits per heavy atom. The van der Waals surface area contributed by atoms with E-state index in [4.69, 9.17) is 21.4 Å². The second-order valence-corrected chi connectivity index (χ2v) is 7.18. The minimum absolute atomic E-state index is 0.00495. The quantitative estimate of drug-likeness (QED) is 0.780. The molecule has 0 bridgehead atoms. The number of aromatic carboxylic acids is 1. The Morgan fingerprint density at radius 1 is 1.46 bits per heavy atom. The molecule has 0 aliphatic carbocycles. The number of carboxylic acids is 1. The van der Waals surface area contributed by atoms with Gasteiger partial charge in [0.2, 0.25) is 5.91 Å². The lowest BCUT2D eigenvalue weighted by atomic mass is 9.94. The molecule has 2 atom stereocenters. The molecule has 138 valence electrons. The molecule has 3 rings (SSSR count). The normalized spacial score (nSPS) is 19.5. The van der Waals surface area contributed by atoms with Gasteiger partial charge in [-0.15, -0.1) is 11.3 Å². The average Bonchev–Trinajstić information content (AvgIpc) is 3.26. The fourth-order valence-electron chi connectivity index (χ4n) is 2.82. The number of carboxylic acid groups (broad SMARTS) is 1. The minimum Gasteiger partial charge on any atom is -0.476 e. The van der Waals surface area contributed by atoms with Gasteiger partial charge in [-0.2, -0.15) is 0 Å². The number of carbonyl (C=O) groups is 2. The standard InChI is InChI=1S/C17H16ClFN2O4S/c18-11-2-1-9(7-12(11)19)15-10(4-6-25-15)16(22)20-5-3-14-21-13(8-26-14)17(23)24/h1-2,7-8,10,15H,3-6H2,(H,20,22)(H,23,24)/t10-,15+/m1/s1. The zero-order valence-electron chi connectivity index (χ0n) is 13.6. The van der Waals surface area contributed by atoms with Crippen LogP contribution in [-0.4, -0.2) is 35.1 Å². The Bertz CT molecular complexity index is 829. The maximum absolute atomic E-state index is 13.7. The number of thiazole rings is 1. The molecule has 2 N–H and O–H groups in total. The molecule has 1 aliphatic rings. The summed E-state index contributed by atoms with van der Waals surface area (Å²) in [5, 5.41) is 13.8. The van der Waals surface area contributed by atoms with Gasteiger partial charge in [0.1, 0.15) is 5.82 Å². The Balaban J connectivity index is 1.57. The summed E-state index contributed by atoms with van der Waals surface area (Å²) in [6, 6.07) is 4.40. The second-order valence-electron chi connectivity index (χ2n) is 5.83. The first-order chi connectivity index (χ1) is 12.5. The van der Waals surface area contributed by atoms with Crippen molar-refractivity contribution in [2.75, 3.05) is 13.2 Å². The molecule has 1 saturated heterocycles. The summed E-state index contributed by atoms with van der Waals surface area (Å²) in [4.78, 5) is 27.2. The van der Waals surface area contributed by atoms with Crippen molar-refractivity contribution in [3.63, 3.8) is 0 Å². The van der Waals surface area contributed by atoms with Crippen molar-refractivity contribution in [1.82, 2.24) is 10.3 Å². The van der Waals surface area contributed by atoms with Crippen LogP contribution in [0.4, 0.5) is 4.39 Å². The van der Waals surface area contributed by atoms with Crippen molar-refractivity contribution in [3.05, 3.63) is 50.7 Å². The van der Waals surface area contributed by atoms with Crippen LogP contribution in [0, 0.1) is 11.7 Å². The van der Waals surface area contributed by atoms with E-state index < -0.39 is 23.8 Å². The molecule has 9 heteroatoms. The maximum Gasteiger partial charge on any atom is 0.355 e. The van der Waals surface area contributed by atoms with Crippen molar-refractivity contribution in [2.45, 2.75) is 18.9 Å². The molecule has 0 radical (unpaired) electrons. The molecule has 1 fully saturated rings. The summed E-state index contributed by atoms with van der Waals surface area (Å²) < 4.78 is 19.3. The predicted octanol–water partition coefficient (Wildman–Crippen LogP) is 3.07. The third-order valence-corrected chi connectivity index (χ3v) is 5.32. The van der Waals surface area contributed by atoms with Crippen molar-refractivity contribution in [3.8, 4) is 0 Å². The molecule has 2 heterocycles. The molecule has 0 saturated carbocycles. The predicted molar refractivity (Wildman–Crippen MR) is 94.0 cm³/mol. The number of halogens is 2. The van der Waals surface area contributed by atoms with E-state index in [0.717, 1.165) is 0 Å². The van der Waals surface area contributed by atoms with Gasteiger partial charge in [0.15, 0.2) is 5.69 Å². The summed E-state index contributed by atoms with van der Waals surface area (Å²) in [5.74, 6) is -2.21. The first-order valence-electron chi connectivity index (χ1n) is 7.97. The smallest absolute Gasteiger partial charge is 0.355 e. The monoisotopic (exact) mass is 398 g/mol. The van der Waals surface area contributed by atoms with E-state index in [0.29, 0.717) is 36.6 Å². The van der Waals surface area contributed by atoms with E-state index >= 15 is 0 Å². The van der Waals surface area contributed by atoms with Gasteiger partial charge in [-0.05, 0) is 24.1 Å². The highest BCUT2D eigenvalue weighted by Gasteiger charge is 2.35. The average molecular weight is 399 g/mol. The van der Waals surface area contributed by atoms with Gasteiger partial charge >= 0.3 is 5.97 Å². The number of hydrogen-bond acceptors (Lipinski definition) is 5. The summed E-state index contributed by atoms with van der Waals surface area (Å²) >= 11 is 6.94. The van der Waals surface area contributed by atoms with Gasteiger partial charge in [-0.25, -0.2) is 14.2 Å². The Morgan fingerprint density at radius 2 is 2.27 bits per heavy atom. The molecule has 1 aromatic heterocycles. The van der Waals surface area contributed by atoms with Gasteiger partial charge in [0, 0.05) is 25.0 Å². The number of ether oxygens (including phenoxy) is 1. The van der Waals surface area contributed by atoms with Crippen LogP contribution in [0.3, 0.4) is 0 Å². The first kappa shape index (κ1) is 18.8. The number of aromatic nitrogens is 1. The number of hydrogen-bond donors (Lipinski definition) is 2. The lowest BCUT2D eigenvalue weighted by molar-refractivity contribution is -0.126. The van der Waals surface area contributed by atoms with E-state index in [1.165, 1.54) is 28.8 Å². The summed E-state index contributed by atoms with van der Waals surface area (Å²) in [6.45, 7) is 0.755. The van der Waals surface area contributed by atoms with Gasteiger partial charge < -0.3 is 15.2 Å². The summed E-state index contributed by atoms with van der Waals surface area (Å²) in [6.07, 6.45) is 0.471. The van der Waals surface area contributed by atoms with Crippen LogP contribution < -0.4 is 5.32 Å². The van der Waals surface area contributed by atoms with Gasteiger partial charge in [0.25, 0.3) is 0 Å². The summed E-state index contributed by atoms with van der Waals surface area (Å²) in [7, 11) is 0. The minimum atomic E-state index is -1.07. The maximum atomic E-state index is 13.7. The molecule has 1 amide bonds. The van der Waals surface area contributed by atoms with Crippen LogP contribution >= 0.6 is 22.9 Å². The summed E-state index contributed by atoms with van der Waals surface area (Å²) in [5.41, 5.74) is 0.584. The molecule has 26 heavy (non-hydrogen) atoms. The highest BCUT2D eigenvalue weighted by Crippen LogP contribution is 2.35.